The first-order valence-corrected chi connectivity index (χ1v) is 2.79. The Balaban J connectivity index is 4.14. The molecule has 0 amide bonds. The molecule has 0 radical (unpaired) electrons. The summed E-state index contributed by atoms with van der Waals surface area (Å²) in [6.45, 7) is 1.82. The van der Waals surface area contributed by atoms with Gasteiger partial charge in [0.15, 0.2) is 0 Å². The summed E-state index contributed by atoms with van der Waals surface area (Å²) in [5.41, 5.74) is 5.53. The van der Waals surface area contributed by atoms with Gasteiger partial charge in [-0.2, -0.15) is 4.39 Å². The van der Waals surface area contributed by atoms with Crippen LogP contribution in [0.2, 0.25) is 0 Å². The molecule has 0 heterocycles. The molecule has 0 aromatic carbocycles. The monoisotopic (exact) mass is 130 g/mol. The predicted octanol–water partition coefficient (Wildman–Crippen LogP) is 1.24. The molecule has 0 aromatic heterocycles. The lowest BCUT2D eigenvalue weighted by atomic mass is 10.2. The fraction of sp³-hybridized carbons (Fsp3) is 0.500. The number of rotatable bonds is 2. The summed E-state index contributed by atoms with van der Waals surface area (Å²) < 4.78 is 12.4. The number of nitrogens with zero attached hydrogens (tertiary/aromatic N) is 1. The van der Waals surface area contributed by atoms with Crippen molar-refractivity contribution in [1.82, 2.24) is 0 Å². The molecule has 0 spiro atoms. The van der Waals surface area contributed by atoms with Gasteiger partial charge < -0.3 is 5.73 Å². The summed E-state index contributed by atoms with van der Waals surface area (Å²) in [6.07, 6.45) is 1.82. The maximum absolute atomic E-state index is 12.4. The van der Waals surface area contributed by atoms with Crippen LogP contribution >= 0.6 is 0 Å². The minimum Gasteiger partial charge on any atom is -0.404 e. The first kappa shape index (κ1) is 8.14. The summed E-state index contributed by atoms with van der Waals surface area (Å²) in [4.78, 5) is 3.33. The van der Waals surface area contributed by atoms with E-state index in [-0.39, 0.29) is 0 Å². The van der Waals surface area contributed by atoms with E-state index in [0.29, 0.717) is 12.0 Å². The van der Waals surface area contributed by atoms with Crippen molar-refractivity contribution in [3.8, 4) is 0 Å². The maximum Gasteiger partial charge on any atom is 0.212 e. The summed E-state index contributed by atoms with van der Waals surface area (Å²) in [5, 5.41) is 0. The third-order valence-electron chi connectivity index (χ3n) is 1.04. The number of hydrogen-bond acceptors (Lipinski definition) is 2. The molecule has 2 nitrogen and oxygen atoms in total. The molecule has 0 aromatic rings. The molecule has 9 heavy (non-hydrogen) atoms. The molecule has 0 aliphatic rings. The van der Waals surface area contributed by atoms with E-state index in [1.807, 2.05) is 6.92 Å². The SMILES string of the molecule is CC/C(=C/N)C(F)=NC. The number of aliphatic imine (C=N–C) groups is 1. The molecule has 0 unspecified atom stereocenters. The van der Waals surface area contributed by atoms with Crippen LogP contribution in [0.4, 0.5) is 4.39 Å². The number of hydrogen-bond donors (Lipinski definition) is 1. The molecule has 0 rings (SSSR count). The number of halogens is 1. The quantitative estimate of drug-likeness (QED) is 0.561. The van der Waals surface area contributed by atoms with Crippen LogP contribution in [-0.2, 0) is 0 Å². The molecule has 0 fully saturated rings. The Bertz CT molecular complexity index is 138. The average molecular weight is 130 g/mol. The van der Waals surface area contributed by atoms with Gasteiger partial charge in [-0.1, -0.05) is 6.92 Å². The van der Waals surface area contributed by atoms with Gasteiger partial charge in [-0.05, 0) is 6.42 Å². The van der Waals surface area contributed by atoms with E-state index in [1.54, 1.807) is 0 Å². The molecule has 0 saturated carbocycles. The lowest BCUT2D eigenvalue weighted by molar-refractivity contribution is 0.791. The van der Waals surface area contributed by atoms with Gasteiger partial charge in [0.05, 0.1) is 0 Å². The highest BCUT2D eigenvalue weighted by Gasteiger charge is 1.99. The van der Waals surface area contributed by atoms with Gasteiger partial charge in [-0.15, -0.1) is 0 Å². The normalized spacial score (nSPS) is 14.1. The highest BCUT2D eigenvalue weighted by molar-refractivity contribution is 5.92. The van der Waals surface area contributed by atoms with Gasteiger partial charge in [0, 0.05) is 18.8 Å². The lowest BCUT2D eigenvalue weighted by Gasteiger charge is -1.94. The summed E-state index contributed by atoms with van der Waals surface area (Å²) >= 11 is 0. The average Bonchev–Trinajstić information content (AvgIpc) is 1.90. The molecular formula is C6H11FN2. The predicted molar refractivity (Wildman–Crippen MR) is 37.0 cm³/mol. The van der Waals surface area contributed by atoms with Crippen LogP contribution in [0.25, 0.3) is 0 Å². The van der Waals surface area contributed by atoms with Crippen LogP contribution in [0.5, 0.6) is 0 Å². The molecule has 52 valence electrons. The minimum absolute atomic E-state index is 0.456. The van der Waals surface area contributed by atoms with Crippen LogP contribution in [0.3, 0.4) is 0 Å². The van der Waals surface area contributed by atoms with E-state index in [2.05, 4.69) is 4.99 Å². The van der Waals surface area contributed by atoms with Gasteiger partial charge in [-0.25, -0.2) is 0 Å². The molecule has 0 aliphatic heterocycles. The van der Waals surface area contributed by atoms with Crippen molar-refractivity contribution in [3.63, 3.8) is 0 Å². The van der Waals surface area contributed by atoms with Crippen molar-refractivity contribution >= 4 is 5.97 Å². The van der Waals surface area contributed by atoms with Gasteiger partial charge >= 0.3 is 0 Å². The Morgan fingerprint density at radius 3 is 2.44 bits per heavy atom. The van der Waals surface area contributed by atoms with Crippen molar-refractivity contribution in [2.45, 2.75) is 13.3 Å². The largest absolute Gasteiger partial charge is 0.404 e. The molecule has 0 bridgehead atoms. The van der Waals surface area contributed by atoms with Crippen molar-refractivity contribution in [2.24, 2.45) is 10.7 Å². The Morgan fingerprint density at radius 2 is 2.33 bits per heavy atom. The molecule has 0 aliphatic carbocycles. The third kappa shape index (κ3) is 2.26. The highest BCUT2D eigenvalue weighted by atomic mass is 19.1. The second-order valence-electron chi connectivity index (χ2n) is 1.56. The van der Waals surface area contributed by atoms with Crippen molar-refractivity contribution in [3.05, 3.63) is 11.8 Å². The first-order chi connectivity index (χ1) is 4.26. The number of allylic oxidation sites excluding steroid dienone is 1. The van der Waals surface area contributed by atoms with Gasteiger partial charge in [0.1, 0.15) is 0 Å². The lowest BCUT2D eigenvalue weighted by Crippen LogP contribution is -1.97. The molecule has 0 saturated heterocycles. The van der Waals surface area contributed by atoms with Gasteiger partial charge in [0.25, 0.3) is 0 Å². The van der Waals surface area contributed by atoms with Crippen molar-refractivity contribution in [2.75, 3.05) is 7.05 Å². The third-order valence-corrected chi connectivity index (χ3v) is 1.04. The van der Waals surface area contributed by atoms with Gasteiger partial charge in [0.2, 0.25) is 5.97 Å². The van der Waals surface area contributed by atoms with E-state index in [4.69, 9.17) is 5.73 Å². The van der Waals surface area contributed by atoms with Crippen LogP contribution in [0.15, 0.2) is 16.8 Å². The number of nitrogens with two attached hydrogens (primary N) is 1. The summed E-state index contributed by atoms with van der Waals surface area (Å²) in [6, 6.07) is 0. The molecule has 3 heteroatoms. The highest BCUT2D eigenvalue weighted by Crippen LogP contribution is 2.01. The van der Waals surface area contributed by atoms with Crippen molar-refractivity contribution in [1.29, 1.82) is 0 Å². The summed E-state index contributed by atoms with van der Waals surface area (Å²) in [5.74, 6) is -0.472. The Kier molecular flexibility index (Phi) is 3.67. The Hall–Kier alpha value is -0.860. The van der Waals surface area contributed by atoms with Crippen LogP contribution in [0.1, 0.15) is 13.3 Å². The fourth-order valence-electron chi connectivity index (χ4n) is 0.476. The summed E-state index contributed by atoms with van der Waals surface area (Å²) in [7, 11) is 1.40. The smallest absolute Gasteiger partial charge is 0.212 e. The standard InChI is InChI=1S/C6H11FN2/c1-3-5(4-8)6(7)9-2/h4H,3,8H2,1-2H3/b5-4-,9-6?. The molecular weight excluding hydrogens is 119 g/mol. The van der Waals surface area contributed by atoms with E-state index in [9.17, 15) is 4.39 Å². The second-order valence-corrected chi connectivity index (χ2v) is 1.56. The minimum atomic E-state index is -0.472. The van der Waals surface area contributed by atoms with Crippen LogP contribution in [0, 0.1) is 0 Å². The Morgan fingerprint density at radius 1 is 1.78 bits per heavy atom. The van der Waals surface area contributed by atoms with Gasteiger partial charge in [-0.3, -0.25) is 4.99 Å². The zero-order chi connectivity index (χ0) is 7.28. The second kappa shape index (κ2) is 4.06. The van der Waals surface area contributed by atoms with E-state index in [1.165, 1.54) is 13.2 Å². The van der Waals surface area contributed by atoms with E-state index < -0.39 is 5.97 Å². The van der Waals surface area contributed by atoms with Crippen LogP contribution < -0.4 is 5.73 Å². The Labute approximate surface area is 54.3 Å². The first-order valence-electron chi connectivity index (χ1n) is 2.79. The fourth-order valence-corrected chi connectivity index (χ4v) is 0.476. The zero-order valence-electron chi connectivity index (χ0n) is 5.69. The van der Waals surface area contributed by atoms with E-state index in [0.717, 1.165) is 0 Å². The molecule has 2 N–H and O–H groups in total. The zero-order valence-corrected chi connectivity index (χ0v) is 5.69. The van der Waals surface area contributed by atoms with Crippen LogP contribution in [-0.4, -0.2) is 13.0 Å². The topological polar surface area (TPSA) is 38.4 Å². The molecule has 0 atom stereocenters. The van der Waals surface area contributed by atoms with E-state index >= 15 is 0 Å². The van der Waals surface area contributed by atoms with Crippen molar-refractivity contribution < 1.29 is 4.39 Å². The maximum atomic E-state index is 12.4.